The van der Waals surface area contributed by atoms with Crippen LogP contribution in [0.2, 0.25) is 5.02 Å². The first-order valence-electron chi connectivity index (χ1n) is 12.3. The minimum atomic E-state index is -0.284. The first kappa shape index (κ1) is 25.4. The molecule has 8 nitrogen and oxygen atoms in total. The summed E-state index contributed by atoms with van der Waals surface area (Å²) in [6.07, 6.45) is 0.472. The molecule has 4 aromatic rings. The van der Waals surface area contributed by atoms with Gasteiger partial charge in [0.1, 0.15) is 5.75 Å². The molecule has 0 saturated heterocycles. The Hall–Kier alpha value is -4.30. The Kier molecular flexibility index (Phi) is 7.33. The summed E-state index contributed by atoms with van der Waals surface area (Å²) >= 11 is 6.11. The fourth-order valence-corrected chi connectivity index (χ4v) is 4.60. The van der Waals surface area contributed by atoms with E-state index in [0.717, 1.165) is 16.9 Å². The number of fused-ring (bicyclic) bond motifs is 1. The summed E-state index contributed by atoms with van der Waals surface area (Å²) in [5.41, 5.74) is 4.27. The van der Waals surface area contributed by atoms with Crippen LogP contribution >= 0.6 is 11.6 Å². The molecule has 0 atom stereocenters. The molecular formula is C29H28ClN5O3. The Balaban J connectivity index is 1.44. The Morgan fingerprint density at radius 1 is 1.08 bits per heavy atom. The van der Waals surface area contributed by atoms with Gasteiger partial charge in [-0.25, -0.2) is 14.3 Å². The second kappa shape index (κ2) is 11.0. The molecule has 38 heavy (non-hydrogen) atoms. The number of benzene rings is 3. The summed E-state index contributed by atoms with van der Waals surface area (Å²) < 4.78 is 6.81. The van der Waals surface area contributed by atoms with Gasteiger partial charge in [0.25, 0.3) is 5.56 Å². The molecule has 0 aliphatic carbocycles. The standard InChI is InChI=1S/C29H28ClN5O3/c1-19-8-11-21(30)16-26(19)33-29(37)34-15-14-25-24(18-34)27(36)35(22-6-4-3-5-7-22)28(32-25)31-17-20-9-12-23(38-2)13-10-20/h3-13,16H,14-15,17-18H2,1-2H3,(H,31,32)(H,33,37). The number of hydrogen-bond donors (Lipinski definition) is 2. The van der Waals surface area contributed by atoms with E-state index < -0.39 is 0 Å². The lowest BCUT2D eigenvalue weighted by atomic mass is 10.1. The second-order valence-corrected chi connectivity index (χ2v) is 9.54. The van der Waals surface area contributed by atoms with E-state index in [1.807, 2.05) is 67.6 Å². The summed E-state index contributed by atoms with van der Waals surface area (Å²) in [5, 5.41) is 6.81. The number of para-hydroxylation sites is 1. The fraction of sp³-hybridized carbons (Fsp3) is 0.207. The number of amides is 2. The number of rotatable bonds is 6. The molecule has 2 amide bonds. The predicted octanol–water partition coefficient (Wildman–Crippen LogP) is 5.41. The van der Waals surface area contributed by atoms with Crippen LogP contribution in [-0.2, 0) is 19.5 Å². The van der Waals surface area contributed by atoms with E-state index in [4.69, 9.17) is 21.3 Å². The van der Waals surface area contributed by atoms with Crippen LogP contribution in [0.15, 0.2) is 77.6 Å². The molecule has 2 heterocycles. The van der Waals surface area contributed by atoms with Crippen LogP contribution < -0.4 is 20.9 Å². The number of nitrogens with zero attached hydrogens (tertiary/aromatic N) is 3. The number of halogens is 1. The van der Waals surface area contributed by atoms with Gasteiger partial charge in [0.2, 0.25) is 5.95 Å². The molecule has 9 heteroatoms. The summed E-state index contributed by atoms with van der Waals surface area (Å²) in [6, 6.07) is 22.2. The number of methoxy groups -OCH3 is 1. The minimum absolute atomic E-state index is 0.165. The van der Waals surface area contributed by atoms with Crippen LogP contribution in [0.4, 0.5) is 16.4 Å². The lowest BCUT2D eigenvalue weighted by molar-refractivity contribution is 0.205. The highest BCUT2D eigenvalue weighted by Crippen LogP contribution is 2.23. The van der Waals surface area contributed by atoms with Crippen LogP contribution in [-0.4, -0.2) is 34.1 Å². The predicted molar refractivity (Wildman–Crippen MR) is 149 cm³/mol. The number of nitrogens with one attached hydrogen (secondary N) is 2. The van der Waals surface area contributed by atoms with Crippen molar-refractivity contribution in [3.63, 3.8) is 0 Å². The molecule has 0 saturated carbocycles. The number of carbonyl (C=O) groups is 1. The molecular weight excluding hydrogens is 502 g/mol. The Morgan fingerprint density at radius 3 is 2.58 bits per heavy atom. The van der Waals surface area contributed by atoms with Gasteiger partial charge in [-0.2, -0.15) is 0 Å². The van der Waals surface area contributed by atoms with Gasteiger partial charge in [-0.05, 0) is 54.4 Å². The minimum Gasteiger partial charge on any atom is -0.497 e. The number of urea groups is 1. The third-order valence-electron chi connectivity index (χ3n) is 6.58. The summed E-state index contributed by atoms with van der Waals surface area (Å²) in [7, 11) is 1.63. The van der Waals surface area contributed by atoms with Gasteiger partial charge in [-0.3, -0.25) is 4.79 Å². The molecule has 2 N–H and O–H groups in total. The van der Waals surface area contributed by atoms with Gasteiger partial charge in [0, 0.05) is 30.2 Å². The van der Waals surface area contributed by atoms with E-state index in [2.05, 4.69) is 10.6 Å². The number of hydrogen-bond acceptors (Lipinski definition) is 5. The maximum atomic E-state index is 13.8. The largest absolute Gasteiger partial charge is 0.497 e. The Bertz CT molecular complexity index is 1520. The van der Waals surface area contributed by atoms with Crippen LogP contribution in [0.1, 0.15) is 22.4 Å². The number of aryl methyl sites for hydroxylation is 1. The monoisotopic (exact) mass is 529 g/mol. The van der Waals surface area contributed by atoms with Crippen molar-refractivity contribution < 1.29 is 9.53 Å². The van der Waals surface area contributed by atoms with Gasteiger partial charge in [0.05, 0.1) is 30.6 Å². The molecule has 3 aromatic carbocycles. The van der Waals surface area contributed by atoms with Crippen molar-refractivity contribution >= 4 is 29.3 Å². The molecule has 194 valence electrons. The normalized spacial score (nSPS) is 12.6. The summed E-state index contributed by atoms with van der Waals surface area (Å²) in [6.45, 7) is 2.99. The third kappa shape index (κ3) is 5.35. The molecule has 0 radical (unpaired) electrons. The van der Waals surface area contributed by atoms with Crippen LogP contribution in [0, 0.1) is 6.92 Å². The van der Waals surface area contributed by atoms with Crippen molar-refractivity contribution in [3.8, 4) is 11.4 Å². The Morgan fingerprint density at radius 2 is 1.84 bits per heavy atom. The van der Waals surface area contributed by atoms with Crippen molar-refractivity contribution in [1.29, 1.82) is 0 Å². The molecule has 0 fully saturated rings. The molecule has 0 unspecified atom stereocenters. The lowest BCUT2D eigenvalue weighted by Crippen LogP contribution is -2.43. The highest BCUT2D eigenvalue weighted by Gasteiger charge is 2.27. The van der Waals surface area contributed by atoms with E-state index in [1.54, 1.807) is 28.7 Å². The number of ether oxygens (including phenoxy) is 1. The van der Waals surface area contributed by atoms with Gasteiger partial charge in [0.15, 0.2) is 0 Å². The maximum absolute atomic E-state index is 13.8. The van der Waals surface area contributed by atoms with Gasteiger partial charge in [-0.15, -0.1) is 0 Å². The van der Waals surface area contributed by atoms with E-state index in [1.165, 1.54) is 0 Å². The third-order valence-corrected chi connectivity index (χ3v) is 6.82. The average Bonchev–Trinajstić information content (AvgIpc) is 2.94. The van der Waals surface area contributed by atoms with Crippen LogP contribution in [0.25, 0.3) is 5.69 Å². The fourth-order valence-electron chi connectivity index (χ4n) is 4.43. The molecule has 0 bridgehead atoms. The van der Waals surface area contributed by atoms with E-state index in [0.29, 0.717) is 53.1 Å². The summed E-state index contributed by atoms with van der Waals surface area (Å²) in [4.78, 5) is 33.4. The van der Waals surface area contributed by atoms with Crippen molar-refractivity contribution in [1.82, 2.24) is 14.5 Å². The van der Waals surface area contributed by atoms with Crippen molar-refractivity contribution in [3.05, 3.63) is 111 Å². The lowest BCUT2D eigenvalue weighted by Gasteiger charge is -2.29. The van der Waals surface area contributed by atoms with Gasteiger partial charge >= 0.3 is 6.03 Å². The van der Waals surface area contributed by atoms with E-state index in [9.17, 15) is 9.59 Å². The van der Waals surface area contributed by atoms with E-state index >= 15 is 0 Å². The zero-order valence-corrected chi connectivity index (χ0v) is 22.0. The number of carbonyl (C=O) groups excluding carboxylic acids is 1. The molecule has 1 aliphatic heterocycles. The van der Waals surface area contributed by atoms with Crippen molar-refractivity contribution in [2.45, 2.75) is 26.4 Å². The molecule has 5 rings (SSSR count). The Labute approximate surface area is 225 Å². The highest BCUT2D eigenvalue weighted by molar-refractivity contribution is 6.31. The van der Waals surface area contributed by atoms with Crippen molar-refractivity contribution in [2.75, 3.05) is 24.3 Å². The smallest absolute Gasteiger partial charge is 0.322 e. The molecule has 0 spiro atoms. The van der Waals surface area contributed by atoms with Crippen LogP contribution in [0.5, 0.6) is 5.75 Å². The molecule has 1 aliphatic rings. The topological polar surface area (TPSA) is 88.5 Å². The first-order valence-corrected chi connectivity index (χ1v) is 12.7. The van der Waals surface area contributed by atoms with Crippen molar-refractivity contribution in [2.24, 2.45) is 0 Å². The number of anilines is 2. The second-order valence-electron chi connectivity index (χ2n) is 9.10. The average molecular weight is 530 g/mol. The zero-order valence-electron chi connectivity index (χ0n) is 21.2. The number of aromatic nitrogens is 2. The SMILES string of the molecule is COc1ccc(CNc2nc3c(c(=O)n2-c2ccccc2)CN(C(=O)Nc2cc(Cl)ccc2C)CC3)cc1. The van der Waals surface area contributed by atoms with E-state index in [-0.39, 0.29) is 18.1 Å². The van der Waals surface area contributed by atoms with Gasteiger partial charge in [-0.1, -0.05) is 48.0 Å². The maximum Gasteiger partial charge on any atom is 0.322 e. The highest BCUT2D eigenvalue weighted by atomic mass is 35.5. The van der Waals surface area contributed by atoms with Gasteiger partial charge < -0.3 is 20.3 Å². The molecule has 1 aromatic heterocycles. The summed E-state index contributed by atoms with van der Waals surface area (Å²) in [5.74, 6) is 1.24. The van der Waals surface area contributed by atoms with Crippen LogP contribution in [0.3, 0.4) is 0 Å². The first-order chi connectivity index (χ1) is 18.4. The quantitative estimate of drug-likeness (QED) is 0.349. The zero-order chi connectivity index (χ0) is 26.6.